The molecule has 2 N–H and O–H groups in total. The Bertz CT molecular complexity index is 494. The Balaban J connectivity index is 2.44. The van der Waals surface area contributed by atoms with Gasteiger partial charge in [0.25, 0.3) is 0 Å². The topological polar surface area (TPSA) is 58.6 Å². The zero-order valence-electron chi connectivity index (χ0n) is 13.1. The second kappa shape index (κ2) is 8.80. The van der Waals surface area contributed by atoms with Crippen molar-refractivity contribution in [3.63, 3.8) is 0 Å². The molecule has 1 rings (SSSR count). The largest absolute Gasteiger partial charge is 0.386 e. The molecule has 1 amide bonds. The molecular weight excluding hydrogens is 292 g/mol. The Morgan fingerprint density at radius 1 is 1.27 bits per heavy atom. The van der Waals surface area contributed by atoms with Crippen molar-refractivity contribution in [2.45, 2.75) is 39.3 Å². The lowest BCUT2D eigenvalue weighted by molar-refractivity contribution is -0.123. The lowest BCUT2D eigenvalue weighted by Gasteiger charge is -2.21. The van der Waals surface area contributed by atoms with Crippen LogP contribution in [0.1, 0.15) is 38.9 Å². The quantitative estimate of drug-likeness (QED) is 0.725. The van der Waals surface area contributed by atoms with Gasteiger partial charge in [-0.2, -0.15) is 0 Å². The number of ether oxygens (including phenoxy) is 1. The fraction of sp³-hybridized carbons (Fsp3) is 0.562. The Hall–Kier alpha value is -1.53. The van der Waals surface area contributed by atoms with Crippen LogP contribution in [0.15, 0.2) is 18.2 Å². The predicted molar refractivity (Wildman–Crippen MR) is 79.2 cm³/mol. The first kappa shape index (κ1) is 18.5. The molecular formula is C16H23F2NO3. The second-order valence-corrected chi connectivity index (χ2v) is 5.69. The predicted octanol–water partition coefficient (Wildman–Crippen LogP) is 2.57. The average Bonchev–Trinajstić information content (AvgIpc) is 2.45. The smallest absolute Gasteiger partial charge is 0.222 e. The Labute approximate surface area is 129 Å². The molecule has 6 heteroatoms. The molecule has 0 radical (unpaired) electrons. The molecule has 2 unspecified atom stereocenters. The molecule has 124 valence electrons. The van der Waals surface area contributed by atoms with Crippen molar-refractivity contribution in [1.82, 2.24) is 5.32 Å². The van der Waals surface area contributed by atoms with Crippen molar-refractivity contribution in [2.24, 2.45) is 5.92 Å². The van der Waals surface area contributed by atoms with Crippen LogP contribution in [0.2, 0.25) is 0 Å². The maximum absolute atomic E-state index is 13.1. The summed E-state index contributed by atoms with van der Waals surface area (Å²) in [6.07, 6.45) is -0.933. The standard InChI is InChI=1S/C16H23F2NO3/c1-10(2)9-22-7-6-15(20)19-11(3)16(21)12-4-5-13(17)14(18)8-12/h4-5,8,10-11,16,21H,6-7,9H2,1-3H3,(H,19,20). The van der Waals surface area contributed by atoms with Gasteiger partial charge in [-0.25, -0.2) is 8.78 Å². The van der Waals surface area contributed by atoms with Gasteiger partial charge in [-0.05, 0) is 30.5 Å². The number of benzene rings is 1. The van der Waals surface area contributed by atoms with E-state index in [4.69, 9.17) is 4.74 Å². The average molecular weight is 315 g/mol. The van der Waals surface area contributed by atoms with Crippen LogP contribution in [0.3, 0.4) is 0 Å². The summed E-state index contributed by atoms with van der Waals surface area (Å²) < 4.78 is 31.3. The first-order valence-electron chi connectivity index (χ1n) is 7.31. The molecule has 0 spiro atoms. The Kier molecular flexibility index (Phi) is 7.41. The number of amides is 1. The zero-order valence-corrected chi connectivity index (χ0v) is 13.1. The van der Waals surface area contributed by atoms with Gasteiger partial charge in [0.1, 0.15) is 0 Å². The van der Waals surface area contributed by atoms with E-state index < -0.39 is 23.8 Å². The first-order chi connectivity index (χ1) is 10.3. The second-order valence-electron chi connectivity index (χ2n) is 5.69. The van der Waals surface area contributed by atoms with E-state index in [0.29, 0.717) is 19.1 Å². The van der Waals surface area contributed by atoms with E-state index in [9.17, 15) is 18.7 Å². The zero-order chi connectivity index (χ0) is 16.7. The van der Waals surface area contributed by atoms with Gasteiger partial charge in [-0.15, -0.1) is 0 Å². The van der Waals surface area contributed by atoms with Gasteiger partial charge in [0.2, 0.25) is 5.91 Å². The molecule has 0 aromatic heterocycles. The van der Waals surface area contributed by atoms with Crippen molar-refractivity contribution >= 4 is 5.91 Å². The molecule has 2 atom stereocenters. The highest BCUT2D eigenvalue weighted by atomic mass is 19.2. The minimum atomic E-state index is -1.12. The minimum Gasteiger partial charge on any atom is -0.386 e. The monoisotopic (exact) mass is 315 g/mol. The maximum atomic E-state index is 13.1. The fourth-order valence-corrected chi connectivity index (χ4v) is 1.87. The molecule has 0 bridgehead atoms. The van der Waals surface area contributed by atoms with Gasteiger partial charge < -0.3 is 15.2 Å². The molecule has 0 saturated carbocycles. The highest BCUT2D eigenvalue weighted by Gasteiger charge is 2.19. The van der Waals surface area contributed by atoms with E-state index in [2.05, 4.69) is 5.32 Å². The number of halogens is 2. The van der Waals surface area contributed by atoms with Gasteiger partial charge in [-0.1, -0.05) is 19.9 Å². The van der Waals surface area contributed by atoms with Crippen LogP contribution in [0.25, 0.3) is 0 Å². The van der Waals surface area contributed by atoms with Crippen molar-refractivity contribution in [3.8, 4) is 0 Å². The van der Waals surface area contributed by atoms with E-state index in [1.165, 1.54) is 6.07 Å². The Morgan fingerprint density at radius 2 is 1.95 bits per heavy atom. The molecule has 0 aliphatic heterocycles. The van der Waals surface area contributed by atoms with Gasteiger partial charge in [0.05, 0.1) is 18.8 Å². The molecule has 0 aliphatic rings. The summed E-state index contributed by atoms with van der Waals surface area (Å²) >= 11 is 0. The molecule has 4 nitrogen and oxygen atoms in total. The van der Waals surface area contributed by atoms with E-state index >= 15 is 0 Å². The molecule has 0 heterocycles. The normalized spacial score (nSPS) is 14.0. The molecule has 0 aliphatic carbocycles. The van der Waals surface area contributed by atoms with Crippen molar-refractivity contribution in [3.05, 3.63) is 35.4 Å². The number of aliphatic hydroxyl groups is 1. The number of rotatable bonds is 8. The van der Waals surface area contributed by atoms with Crippen LogP contribution in [0.4, 0.5) is 8.78 Å². The summed E-state index contributed by atoms with van der Waals surface area (Å²) in [5.74, 6) is -1.87. The molecule has 0 fully saturated rings. The highest BCUT2D eigenvalue weighted by Crippen LogP contribution is 2.19. The third-order valence-corrected chi connectivity index (χ3v) is 3.07. The van der Waals surface area contributed by atoms with Crippen molar-refractivity contribution < 1.29 is 23.4 Å². The van der Waals surface area contributed by atoms with Crippen LogP contribution in [0.5, 0.6) is 0 Å². The summed E-state index contributed by atoms with van der Waals surface area (Å²) in [6, 6.07) is 2.54. The summed E-state index contributed by atoms with van der Waals surface area (Å²) in [7, 11) is 0. The van der Waals surface area contributed by atoms with Gasteiger partial charge in [0, 0.05) is 13.0 Å². The van der Waals surface area contributed by atoms with E-state index in [-0.39, 0.29) is 17.9 Å². The van der Waals surface area contributed by atoms with Crippen LogP contribution in [-0.2, 0) is 9.53 Å². The lowest BCUT2D eigenvalue weighted by Crippen LogP contribution is -2.37. The summed E-state index contributed by atoms with van der Waals surface area (Å²) in [5.41, 5.74) is 0.211. The van der Waals surface area contributed by atoms with Crippen LogP contribution >= 0.6 is 0 Å². The third-order valence-electron chi connectivity index (χ3n) is 3.07. The number of aliphatic hydroxyl groups excluding tert-OH is 1. The lowest BCUT2D eigenvalue weighted by atomic mass is 10.0. The highest BCUT2D eigenvalue weighted by molar-refractivity contribution is 5.76. The van der Waals surface area contributed by atoms with Gasteiger partial charge in [-0.3, -0.25) is 4.79 Å². The van der Waals surface area contributed by atoms with Gasteiger partial charge >= 0.3 is 0 Å². The third kappa shape index (κ3) is 6.07. The summed E-state index contributed by atoms with van der Waals surface area (Å²) in [5, 5.41) is 12.7. The maximum Gasteiger partial charge on any atom is 0.222 e. The first-order valence-corrected chi connectivity index (χ1v) is 7.31. The van der Waals surface area contributed by atoms with Crippen molar-refractivity contribution in [1.29, 1.82) is 0 Å². The van der Waals surface area contributed by atoms with Crippen LogP contribution in [-0.4, -0.2) is 30.3 Å². The van der Waals surface area contributed by atoms with E-state index in [1.807, 2.05) is 13.8 Å². The molecule has 22 heavy (non-hydrogen) atoms. The van der Waals surface area contributed by atoms with E-state index in [1.54, 1.807) is 6.92 Å². The molecule has 1 aromatic rings. The summed E-state index contributed by atoms with van der Waals surface area (Å²) in [6.45, 7) is 6.51. The van der Waals surface area contributed by atoms with Crippen LogP contribution < -0.4 is 5.32 Å². The SMILES string of the molecule is CC(C)COCCC(=O)NC(C)C(O)c1ccc(F)c(F)c1. The number of carbonyl (C=O) groups excluding carboxylic acids is 1. The Morgan fingerprint density at radius 3 is 2.55 bits per heavy atom. The van der Waals surface area contributed by atoms with Crippen molar-refractivity contribution in [2.75, 3.05) is 13.2 Å². The summed E-state index contributed by atoms with van der Waals surface area (Å²) in [4.78, 5) is 11.7. The molecule has 1 aromatic carbocycles. The number of carbonyl (C=O) groups is 1. The number of nitrogens with one attached hydrogen (secondary N) is 1. The molecule has 0 saturated heterocycles. The number of hydrogen-bond donors (Lipinski definition) is 2. The number of hydrogen-bond acceptors (Lipinski definition) is 3. The minimum absolute atomic E-state index is 0.182. The van der Waals surface area contributed by atoms with E-state index in [0.717, 1.165) is 12.1 Å². The fourth-order valence-electron chi connectivity index (χ4n) is 1.87. The van der Waals surface area contributed by atoms with Gasteiger partial charge in [0.15, 0.2) is 11.6 Å². The van der Waals surface area contributed by atoms with Crippen LogP contribution in [0, 0.1) is 17.6 Å².